The number of fused-ring (bicyclic) bond motifs is 1. The highest BCUT2D eigenvalue weighted by Gasteiger charge is 2.17. The maximum Gasteiger partial charge on any atom is 0.341 e. The summed E-state index contributed by atoms with van der Waals surface area (Å²) in [6.45, 7) is 9.57. The first-order valence-electron chi connectivity index (χ1n) is 20.0. The van der Waals surface area contributed by atoms with Crippen LogP contribution in [0.5, 0.6) is 5.75 Å². The monoisotopic (exact) mass is 750 g/mol. The quantitative estimate of drug-likeness (QED) is 0.0414. The van der Waals surface area contributed by atoms with Crippen LogP contribution in [-0.2, 0) is 14.9 Å². The number of benzene rings is 3. The Kier molecular flexibility index (Phi) is 23.1. The normalized spacial score (nSPS) is 11.1. The first-order chi connectivity index (χ1) is 25.6. The summed E-state index contributed by atoms with van der Waals surface area (Å²) in [5, 5.41) is 9.04. The average molecular weight is 751 g/mol. The number of aromatic nitrogens is 2. The number of nitrogens with zero attached hydrogens (tertiary/aromatic N) is 1. The lowest BCUT2D eigenvalue weighted by atomic mass is 10.0. The molecule has 8 nitrogen and oxygen atoms in total. The number of hydrogen-bond acceptors (Lipinski definition) is 6. The third-order valence-electron chi connectivity index (χ3n) is 9.06. The fraction of sp³-hybridized carbons (Fsp3) is 0.545. The molecule has 0 bridgehead atoms. The predicted octanol–water partition coefficient (Wildman–Crippen LogP) is 12.7. The van der Waals surface area contributed by atoms with E-state index in [1.165, 1.54) is 109 Å². The van der Waals surface area contributed by atoms with Crippen LogP contribution in [0.25, 0.3) is 22.2 Å². The summed E-state index contributed by atoms with van der Waals surface area (Å²) < 4.78 is 36.4. The summed E-state index contributed by atoms with van der Waals surface area (Å²) in [5.41, 5.74) is 3.06. The van der Waals surface area contributed by atoms with E-state index in [2.05, 4.69) is 37.7 Å². The number of nitrogens with one attached hydrogen (secondary N) is 1. The minimum absolute atomic E-state index is 0.0227. The zero-order chi connectivity index (χ0) is 38.7. The third kappa shape index (κ3) is 19.3. The predicted molar refractivity (Wildman–Crippen MR) is 219 cm³/mol. The number of esters is 1. The second-order valence-electron chi connectivity index (χ2n) is 14.2. The molecule has 0 atom stereocenters. The highest BCUT2D eigenvalue weighted by Crippen LogP contribution is 2.27. The molecule has 0 aliphatic rings. The lowest BCUT2D eigenvalue weighted by Crippen LogP contribution is -2.06. The number of aromatic amines is 1. The molecule has 0 radical (unpaired) electrons. The van der Waals surface area contributed by atoms with Gasteiger partial charge < -0.3 is 14.8 Å². The van der Waals surface area contributed by atoms with Crippen LogP contribution in [0.1, 0.15) is 154 Å². The Hall–Kier alpha value is -3.69. The van der Waals surface area contributed by atoms with Crippen LogP contribution >= 0.6 is 0 Å². The number of imidazole rings is 1. The van der Waals surface area contributed by atoms with Crippen molar-refractivity contribution >= 4 is 27.1 Å². The smallest absolute Gasteiger partial charge is 0.341 e. The number of carbonyl (C=O) groups excluding carboxylic acids is 1. The number of hydrogen-bond donors (Lipinski definition) is 3. The molecule has 4 rings (SSSR count). The van der Waals surface area contributed by atoms with Crippen LogP contribution in [0.4, 0.5) is 0 Å². The first kappa shape index (κ1) is 45.5. The van der Waals surface area contributed by atoms with Crippen molar-refractivity contribution in [2.75, 3.05) is 6.61 Å². The minimum atomic E-state index is -4.33. The Bertz CT molecular complexity index is 1650. The van der Waals surface area contributed by atoms with E-state index in [0.717, 1.165) is 29.9 Å². The van der Waals surface area contributed by atoms with Crippen LogP contribution < -0.4 is 0 Å². The van der Waals surface area contributed by atoms with Gasteiger partial charge in [0.15, 0.2) is 0 Å². The molecule has 3 N–H and O–H groups in total. The summed E-state index contributed by atoms with van der Waals surface area (Å²) in [7, 11) is -4.33. The highest BCUT2D eigenvalue weighted by molar-refractivity contribution is 7.85. The first-order valence-corrected chi connectivity index (χ1v) is 21.5. The standard InChI is InChI=1S/C16H34.C15H22O3.C13H10N2O3S/c1-4-5-6-7-8-9-10-11-12-13-14-15-16(2)3;1-2-3-4-5-6-9-12-18-15(17)13-10-7-8-11-14(13)16;16-19(17,18)13-14-11-8-4-7-10(12(11)15-13)9-5-2-1-3-6-9/h16H,4-15H2,1-3H3;7-8,10-11,16H,2-6,9,12H2,1H3;1-8H,(H,14,15)(H,16,17,18). The number of rotatable bonds is 22. The van der Waals surface area contributed by atoms with Crippen LogP contribution in [0.15, 0.2) is 78.0 Å². The number of phenols is 1. The Balaban J connectivity index is 0.000000277. The Labute approximate surface area is 319 Å². The van der Waals surface area contributed by atoms with Crippen molar-refractivity contribution in [2.45, 2.75) is 148 Å². The molecule has 294 valence electrons. The van der Waals surface area contributed by atoms with Crippen LogP contribution in [0.3, 0.4) is 0 Å². The fourth-order valence-electron chi connectivity index (χ4n) is 5.97. The topological polar surface area (TPSA) is 130 Å². The Morgan fingerprint density at radius 3 is 1.77 bits per heavy atom. The summed E-state index contributed by atoms with van der Waals surface area (Å²) in [6, 6.07) is 21.3. The van der Waals surface area contributed by atoms with Crippen molar-refractivity contribution in [3.05, 3.63) is 78.4 Å². The molecule has 0 saturated carbocycles. The zero-order valence-corrected chi connectivity index (χ0v) is 33.6. The number of para-hydroxylation sites is 2. The van der Waals surface area contributed by atoms with Crippen molar-refractivity contribution in [3.63, 3.8) is 0 Å². The van der Waals surface area contributed by atoms with Gasteiger partial charge in [-0.05, 0) is 36.1 Å². The van der Waals surface area contributed by atoms with Gasteiger partial charge in [0.1, 0.15) is 11.3 Å². The number of H-pyrrole nitrogens is 1. The van der Waals surface area contributed by atoms with Crippen molar-refractivity contribution in [1.82, 2.24) is 9.97 Å². The van der Waals surface area contributed by atoms with E-state index in [4.69, 9.17) is 9.29 Å². The van der Waals surface area contributed by atoms with Crippen molar-refractivity contribution < 1.29 is 27.6 Å². The molecule has 0 spiro atoms. The van der Waals surface area contributed by atoms with E-state index >= 15 is 0 Å². The van der Waals surface area contributed by atoms with Gasteiger partial charge in [-0.3, -0.25) is 4.55 Å². The number of unbranched alkanes of at least 4 members (excludes halogenated alkanes) is 15. The lowest BCUT2D eigenvalue weighted by molar-refractivity contribution is 0.0494. The van der Waals surface area contributed by atoms with E-state index in [9.17, 15) is 18.3 Å². The summed E-state index contributed by atoms with van der Waals surface area (Å²) in [5.74, 6) is 0.436. The van der Waals surface area contributed by atoms with E-state index < -0.39 is 21.2 Å². The molecule has 0 aliphatic carbocycles. The molecular weight excluding hydrogens is 685 g/mol. The molecule has 0 fully saturated rings. The molecule has 1 aromatic heterocycles. The highest BCUT2D eigenvalue weighted by atomic mass is 32.2. The van der Waals surface area contributed by atoms with Crippen LogP contribution in [-0.4, -0.2) is 40.6 Å². The molecule has 0 saturated heterocycles. The largest absolute Gasteiger partial charge is 0.507 e. The zero-order valence-electron chi connectivity index (χ0n) is 32.8. The van der Waals surface area contributed by atoms with E-state index in [1.807, 2.05) is 36.4 Å². The van der Waals surface area contributed by atoms with Gasteiger partial charge in [-0.15, -0.1) is 0 Å². The fourth-order valence-corrected chi connectivity index (χ4v) is 6.42. The SMILES string of the molecule is CCCCCCCCCCCCCC(C)C.CCCCCCCCOC(=O)c1ccccc1O.O=S(=O)(O)c1nc2c(-c3ccccc3)cccc2[nH]1. The van der Waals surface area contributed by atoms with Crippen molar-refractivity contribution in [2.24, 2.45) is 5.92 Å². The van der Waals surface area contributed by atoms with Gasteiger partial charge in [0.25, 0.3) is 5.16 Å². The van der Waals surface area contributed by atoms with Gasteiger partial charge in [0.05, 0.1) is 17.6 Å². The maximum absolute atomic E-state index is 11.6. The third-order valence-corrected chi connectivity index (χ3v) is 9.74. The maximum atomic E-state index is 11.6. The lowest BCUT2D eigenvalue weighted by Gasteiger charge is -2.06. The second-order valence-corrected chi connectivity index (χ2v) is 15.6. The molecule has 4 aromatic rings. The van der Waals surface area contributed by atoms with E-state index in [1.54, 1.807) is 30.3 Å². The summed E-state index contributed by atoms with van der Waals surface area (Å²) >= 11 is 0. The van der Waals surface area contributed by atoms with Gasteiger partial charge in [0.2, 0.25) is 0 Å². The molecule has 0 aliphatic heterocycles. The molecular formula is C44H66N2O6S. The molecule has 0 amide bonds. The van der Waals surface area contributed by atoms with Crippen molar-refractivity contribution in [3.8, 4) is 16.9 Å². The average Bonchev–Trinajstić information content (AvgIpc) is 3.60. The van der Waals surface area contributed by atoms with E-state index in [0.29, 0.717) is 17.6 Å². The van der Waals surface area contributed by atoms with E-state index in [-0.39, 0.29) is 11.3 Å². The number of ether oxygens (including phenoxy) is 1. The molecule has 0 unspecified atom stereocenters. The number of carbonyl (C=O) groups is 1. The van der Waals surface area contributed by atoms with Gasteiger partial charge >= 0.3 is 16.1 Å². The van der Waals surface area contributed by atoms with Crippen LogP contribution in [0.2, 0.25) is 0 Å². The van der Waals surface area contributed by atoms with Gasteiger partial charge in [-0.1, -0.05) is 191 Å². The van der Waals surface area contributed by atoms with Gasteiger partial charge in [0, 0.05) is 5.56 Å². The number of phenolic OH excluding ortho intramolecular Hbond substituents is 1. The second kappa shape index (κ2) is 27.0. The minimum Gasteiger partial charge on any atom is -0.507 e. The summed E-state index contributed by atoms with van der Waals surface area (Å²) in [4.78, 5) is 18.2. The Morgan fingerprint density at radius 1 is 0.698 bits per heavy atom. The van der Waals surface area contributed by atoms with Gasteiger partial charge in [-0.25, -0.2) is 9.78 Å². The molecule has 53 heavy (non-hydrogen) atoms. The van der Waals surface area contributed by atoms with Gasteiger partial charge in [-0.2, -0.15) is 8.42 Å². The Morgan fingerprint density at radius 2 is 1.23 bits per heavy atom. The summed E-state index contributed by atoms with van der Waals surface area (Å²) in [6.07, 6.45) is 24.4. The number of aromatic hydroxyl groups is 1. The molecule has 9 heteroatoms. The molecule has 3 aromatic carbocycles. The van der Waals surface area contributed by atoms with Crippen LogP contribution in [0, 0.1) is 5.92 Å². The molecule has 1 heterocycles. The van der Waals surface area contributed by atoms with Crippen molar-refractivity contribution in [1.29, 1.82) is 0 Å².